The van der Waals surface area contributed by atoms with Crippen LogP contribution in [0.15, 0.2) is 24.3 Å². The minimum absolute atomic E-state index is 0.337. The number of benzene rings is 1. The lowest BCUT2D eigenvalue weighted by molar-refractivity contribution is -0.138. The van der Waals surface area contributed by atoms with Gasteiger partial charge in [0.25, 0.3) is 0 Å². The van der Waals surface area contributed by atoms with Gasteiger partial charge in [-0.2, -0.15) is 0 Å². The van der Waals surface area contributed by atoms with Crippen LogP contribution in [-0.4, -0.2) is 26.6 Å². The molecule has 2 N–H and O–H groups in total. The summed E-state index contributed by atoms with van der Waals surface area (Å²) in [6.45, 7) is 0. The molecule has 4 nitrogen and oxygen atoms in total. The van der Waals surface area contributed by atoms with Gasteiger partial charge in [-0.05, 0) is 76.8 Å². The van der Waals surface area contributed by atoms with Crippen LogP contribution in [-0.2, 0) is 16.0 Å². The van der Waals surface area contributed by atoms with Crippen molar-refractivity contribution < 1.29 is 19.8 Å². The highest BCUT2D eigenvalue weighted by molar-refractivity contribution is 14.1. The molecule has 0 aromatic heterocycles. The molecule has 1 rings (SSSR count). The first-order valence-corrected chi connectivity index (χ1v) is 20.8. The van der Waals surface area contributed by atoms with Gasteiger partial charge in [-0.15, -0.1) is 0 Å². The van der Waals surface area contributed by atoms with Crippen molar-refractivity contribution in [2.24, 2.45) is 0 Å². The van der Waals surface area contributed by atoms with Crippen LogP contribution in [0.1, 0.15) is 185 Å². The van der Waals surface area contributed by atoms with E-state index in [-0.39, 0.29) is 0 Å². The Hall–Kier alpha value is -0.380. The van der Waals surface area contributed by atoms with E-state index in [1.807, 2.05) is 0 Å². The number of aryl methyl sites for hydroxylation is 1. The van der Waals surface area contributed by atoms with E-state index >= 15 is 0 Å². The molecule has 44 heavy (non-hydrogen) atoms. The molecule has 6 heteroatoms. The maximum absolute atomic E-state index is 10.4. The number of rotatable bonds is 31. The van der Waals surface area contributed by atoms with Gasteiger partial charge in [0.05, 0.1) is 0 Å². The number of aliphatic carboxylic acids is 2. The van der Waals surface area contributed by atoms with Crippen LogP contribution in [0.4, 0.5) is 0 Å². The number of carbonyl (C=O) groups is 2. The molecule has 1 aromatic rings. The van der Waals surface area contributed by atoms with E-state index in [2.05, 4.69) is 69.4 Å². The Labute approximate surface area is 299 Å². The van der Waals surface area contributed by atoms with E-state index in [1.54, 1.807) is 0 Å². The average molecular weight is 841 g/mol. The fourth-order valence-corrected chi connectivity index (χ4v) is 6.42. The SMILES string of the molecule is O=C(O)CCCCCCCCCCCCCCCCI.O=C(O)CCCCCCCCCCCCCCc1ccc(I)cc1. The molecule has 0 atom stereocenters. The zero-order valence-corrected chi connectivity index (χ0v) is 32.3. The molecule has 1 aromatic carbocycles. The molecule has 256 valence electrons. The Morgan fingerprint density at radius 2 is 0.705 bits per heavy atom. The molecule has 0 amide bonds. The largest absolute Gasteiger partial charge is 0.481 e. The summed E-state index contributed by atoms with van der Waals surface area (Å²) < 4.78 is 2.63. The molecule has 0 unspecified atom stereocenters. The number of alkyl halides is 1. The summed E-state index contributed by atoms with van der Waals surface area (Å²) in [5, 5.41) is 17.1. The summed E-state index contributed by atoms with van der Waals surface area (Å²) >= 11 is 4.82. The second-order valence-corrected chi connectivity index (χ2v) is 14.9. The summed E-state index contributed by atoms with van der Waals surface area (Å²) in [4.78, 5) is 20.7. The molecule has 0 saturated carbocycles. The van der Waals surface area contributed by atoms with Gasteiger partial charge in [-0.25, -0.2) is 0 Å². The van der Waals surface area contributed by atoms with Crippen LogP contribution >= 0.6 is 45.2 Å². The van der Waals surface area contributed by atoms with Gasteiger partial charge in [0.15, 0.2) is 0 Å². The quantitative estimate of drug-likeness (QED) is 0.0444. The normalized spacial score (nSPS) is 10.9. The van der Waals surface area contributed by atoms with Crippen LogP contribution in [0.25, 0.3) is 0 Å². The summed E-state index contributed by atoms with van der Waals surface area (Å²) in [7, 11) is 0. The van der Waals surface area contributed by atoms with Crippen molar-refractivity contribution in [3.8, 4) is 0 Å². The third-order valence-electron chi connectivity index (χ3n) is 8.29. The van der Waals surface area contributed by atoms with Gasteiger partial charge in [-0.3, -0.25) is 9.59 Å². The molecule has 0 radical (unpaired) electrons. The maximum Gasteiger partial charge on any atom is 0.303 e. The minimum atomic E-state index is -0.659. The molecule has 0 aliphatic heterocycles. The molecule has 0 fully saturated rings. The second kappa shape index (κ2) is 35.5. The molecule has 0 heterocycles. The van der Waals surface area contributed by atoms with Crippen LogP contribution in [0.5, 0.6) is 0 Å². The third-order valence-corrected chi connectivity index (χ3v) is 9.78. The average Bonchev–Trinajstić information content (AvgIpc) is 3.00. The van der Waals surface area contributed by atoms with Gasteiger partial charge >= 0.3 is 11.9 Å². The standard InChI is InChI=1S/C21H33IO2.C17H33IO2/c22-20-17-15-19(16-18-20)13-11-9-7-5-3-1-2-4-6-8-10-12-14-21(23)24;18-16-14-12-10-8-6-4-2-1-3-5-7-9-11-13-15-17(19)20/h15-18H,1-14H2,(H,23,24);1-16H2,(H,19,20). The second-order valence-electron chi connectivity index (χ2n) is 12.5. The van der Waals surface area contributed by atoms with Gasteiger partial charge in [0.2, 0.25) is 0 Å². The lowest BCUT2D eigenvalue weighted by Crippen LogP contribution is -1.93. The number of carboxylic acids is 2. The first-order chi connectivity index (χ1) is 21.5. The number of hydrogen-bond acceptors (Lipinski definition) is 2. The van der Waals surface area contributed by atoms with Crippen molar-refractivity contribution in [1.82, 2.24) is 0 Å². The number of halogens is 2. The first-order valence-electron chi connectivity index (χ1n) is 18.2. The van der Waals surface area contributed by atoms with Gasteiger partial charge < -0.3 is 10.2 Å². The van der Waals surface area contributed by atoms with Crippen molar-refractivity contribution in [1.29, 1.82) is 0 Å². The summed E-state index contributed by atoms with van der Waals surface area (Å²) in [6, 6.07) is 8.90. The van der Waals surface area contributed by atoms with Crippen molar-refractivity contribution >= 4 is 57.1 Å². The number of hydrogen-bond donors (Lipinski definition) is 2. The Balaban J connectivity index is 0.000000856. The molecular formula is C38H66I2O4. The van der Waals surface area contributed by atoms with E-state index in [1.165, 1.54) is 161 Å². The van der Waals surface area contributed by atoms with E-state index in [4.69, 9.17) is 10.2 Å². The minimum Gasteiger partial charge on any atom is -0.481 e. The topological polar surface area (TPSA) is 74.6 Å². The number of unbranched alkanes of at least 4 members (excludes halogenated alkanes) is 24. The highest BCUT2D eigenvalue weighted by Gasteiger charge is 1.99. The van der Waals surface area contributed by atoms with E-state index in [0.29, 0.717) is 12.8 Å². The van der Waals surface area contributed by atoms with E-state index in [9.17, 15) is 9.59 Å². The predicted molar refractivity (Wildman–Crippen MR) is 206 cm³/mol. The first kappa shape index (κ1) is 43.6. The lowest BCUT2D eigenvalue weighted by atomic mass is 10.0. The molecule has 0 saturated heterocycles. The smallest absolute Gasteiger partial charge is 0.303 e. The zero-order valence-electron chi connectivity index (χ0n) is 28.0. The summed E-state index contributed by atoms with van der Waals surface area (Å²) in [5.41, 5.74) is 1.47. The maximum atomic E-state index is 10.4. The number of carboxylic acid groups (broad SMARTS) is 2. The fourth-order valence-electron chi connectivity index (χ4n) is 5.52. The summed E-state index contributed by atoms with van der Waals surface area (Å²) in [5.74, 6) is -1.31. The Morgan fingerprint density at radius 3 is 1.00 bits per heavy atom. The summed E-state index contributed by atoms with van der Waals surface area (Å²) in [6.07, 6.45) is 35.6. The van der Waals surface area contributed by atoms with Crippen molar-refractivity contribution in [2.45, 2.75) is 186 Å². The molecule has 0 aliphatic rings. The van der Waals surface area contributed by atoms with Crippen molar-refractivity contribution in [2.75, 3.05) is 4.43 Å². The Bertz CT molecular complexity index is 754. The predicted octanol–water partition coefficient (Wildman–Crippen LogP) is 13.3. The van der Waals surface area contributed by atoms with Gasteiger partial charge in [0.1, 0.15) is 0 Å². The van der Waals surface area contributed by atoms with E-state index < -0.39 is 11.9 Å². The molecule has 0 aliphatic carbocycles. The zero-order chi connectivity index (χ0) is 32.4. The van der Waals surface area contributed by atoms with Crippen molar-refractivity contribution in [3.63, 3.8) is 0 Å². The monoisotopic (exact) mass is 840 g/mol. The van der Waals surface area contributed by atoms with Gasteiger partial charge in [-0.1, -0.05) is 176 Å². The van der Waals surface area contributed by atoms with Crippen LogP contribution < -0.4 is 0 Å². The Morgan fingerprint density at radius 1 is 0.432 bits per heavy atom. The van der Waals surface area contributed by atoms with Crippen molar-refractivity contribution in [3.05, 3.63) is 33.4 Å². The van der Waals surface area contributed by atoms with Crippen LogP contribution in [0.2, 0.25) is 0 Å². The molecule has 0 spiro atoms. The van der Waals surface area contributed by atoms with E-state index in [0.717, 1.165) is 25.7 Å². The Kier molecular flexibility index (Phi) is 35.2. The van der Waals surface area contributed by atoms with Crippen LogP contribution in [0, 0.1) is 3.57 Å². The third kappa shape index (κ3) is 36.1. The highest BCUT2D eigenvalue weighted by Crippen LogP contribution is 2.15. The van der Waals surface area contributed by atoms with Crippen LogP contribution in [0.3, 0.4) is 0 Å². The van der Waals surface area contributed by atoms with Gasteiger partial charge in [0, 0.05) is 16.4 Å². The highest BCUT2D eigenvalue weighted by atomic mass is 127. The lowest BCUT2D eigenvalue weighted by Gasteiger charge is -2.04. The fraction of sp³-hybridized carbons (Fsp3) is 0.789. The molecule has 0 bridgehead atoms. The molecular weight excluding hydrogens is 774 g/mol.